The SMILES string of the molecule is CNC(CCSCCS(C)(=O)=O)C(=O)O. The number of sulfone groups is 1. The second kappa shape index (κ2) is 7.08. The molecule has 0 radical (unpaired) electrons. The minimum Gasteiger partial charge on any atom is -0.480 e. The van der Waals surface area contributed by atoms with Crippen LogP contribution in [0, 0.1) is 0 Å². The van der Waals surface area contributed by atoms with Crippen molar-refractivity contribution in [2.45, 2.75) is 12.5 Å². The second-order valence-corrected chi connectivity index (χ2v) is 6.69. The Hall–Kier alpha value is -0.270. The van der Waals surface area contributed by atoms with Crippen LogP contribution >= 0.6 is 11.8 Å². The van der Waals surface area contributed by atoms with Crippen LogP contribution in [0.5, 0.6) is 0 Å². The summed E-state index contributed by atoms with van der Waals surface area (Å²) in [5, 5.41) is 11.4. The van der Waals surface area contributed by atoms with Gasteiger partial charge in [-0.25, -0.2) is 8.42 Å². The van der Waals surface area contributed by atoms with Gasteiger partial charge in [-0.1, -0.05) is 0 Å². The molecule has 0 amide bonds. The number of carboxylic acids is 1. The summed E-state index contributed by atoms with van der Waals surface area (Å²) in [5.41, 5.74) is 0. The minimum atomic E-state index is -2.90. The van der Waals surface area contributed by atoms with Crippen molar-refractivity contribution in [3.05, 3.63) is 0 Å². The van der Waals surface area contributed by atoms with Crippen molar-refractivity contribution in [2.75, 3.05) is 30.6 Å². The van der Waals surface area contributed by atoms with Crippen molar-refractivity contribution in [1.29, 1.82) is 0 Å². The lowest BCUT2D eigenvalue weighted by Gasteiger charge is -2.09. The number of rotatable bonds is 8. The summed E-state index contributed by atoms with van der Waals surface area (Å²) in [4.78, 5) is 10.6. The van der Waals surface area contributed by atoms with E-state index in [4.69, 9.17) is 5.11 Å². The van der Waals surface area contributed by atoms with Crippen LogP contribution in [0.25, 0.3) is 0 Å². The molecule has 0 rings (SSSR count). The number of nitrogens with one attached hydrogen (secondary N) is 1. The van der Waals surface area contributed by atoms with Gasteiger partial charge < -0.3 is 10.4 Å². The summed E-state index contributed by atoms with van der Waals surface area (Å²) in [7, 11) is -1.30. The van der Waals surface area contributed by atoms with Crippen molar-refractivity contribution < 1.29 is 18.3 Å². The molecule has 0 spiro atoms. The van der Waals surface area contributed by atoms with Gasteiger partial charge >= 0.3 is 5.97 Å². The van der Waals surface area contributed by atoms with Crippen LogP contribution in [-0.4, -0.2) is 56.1 Å². The molecule has 0 aromatic carbocycles. The van der Waals surface area contributed by atoms with E-state index in [1.165, 1.54) is 18.0 Å². The molecule has 7 heteroatoms. The summed E-state index contributed by atoms with van der Waals surface area (Å²) in [6.07, 6.45) is 1.70. The molecular formula is C8H17NO4S2. The Labute approximate surface area is 94.5 Å². The van der Waals surface area contributed by atoms with Crippen molar-refractivity contribution in [3.63, 3.8) is 0 Å². The predicted molar refractivity (Wildman–Crippen MR) is 62.1 cm³/mol. The third kappa shape index (κ3) is 8.71. The molecule has 0 saturated carbocycles. The van der Waals surface area contributed by atoms with E-state index in [0.29, 0.717) is 17.9 Å². The molecule has 0 aromatic heterocycles. The average molecular weight is 255 g/mol. The van der Waals surface area contributed by atoms with Gasteiger partial charge in [-0.15, -0.1) is 0 Å². The van der Waals surface area contributed by atoms with Crippen LogP contribution in [0.2, 0.25) is 0 Å². The highest BCUT2D eigenvalue weighted by atomic mass is 32.2. The first-order valence-electron chi connectivity index (χ1n) is 4.52. The van der Waals surface area contributed by atoms with Gasteiger partial charge in [0.25, 0.3) is 0 Å². The normalized spacial score (nSPS) is 13.7. The molecule has 0 aliphatic carbocycles. The Morgan fingerprint density at radius 3 is 2.47 bits per heavy atom. The molecule has 0 aliphatic rings. The van der Waals surface area contributed by atoms with Gasteiger partial charge in [0.05, 0.1) is 5.75 Å². The summed E-state index contributed by atoms with van der Waals surface area (Å²) < 4.78 is 21.5. The second-order valence-electron chi connectivity index (χ2n) is 3.21. The van der Waals surface area contributed by atoms with E-state index >= 15 is 0 Å². The van der Waals surface area contributed by atoms with E-state index in [1.54, 1.807) is 7.05 Å². The fourth-order valence-electron chi connectivity index (χ4n) is 0.905. The number of hydrogen-bond acceptors (Lipinski definition) is 5. The van der Waals surface area contributed by atoms with Crippen LogP contribution < -0.4 is 5.32 Å². The maximum absolute atomic E-state index is 10.8. The lowest BCUT2D eigenvalue weighted by molar-refractivity contribution is -0.139. The first-order valence-corrected chi connectivity index (χ1v) is 7.74. The van der Waals surface area contributed by atoms with Crippen LogP contribution in [0.3, 0.4) is 0 Å². The van der Waals surface area contributed by atoms with E-state index in [-0.39, 0.29) is 5.75 Å². The summed E-state index contributed by atoms with van der Waals surface area (Å²) in [6.45, 7) is 0. The molecule has 0 aliphatic heterocycles. The van der Waals surface area contributed by atoms with Gasteiger partial charge in [0.2, 0.25) is 0 Å². The number of likely N-dealkylation sites (N-methyl/N-ethyl adjacent to an activating group) is 1. The van der Waals surface area contributed by atoms with E-state index < -0.39 is 21.8 Å². The zero-order chi connectivity index (χ0) is 11.9. The van der Waals surface area contributed by atoms with Crippen LogP contribution in [-0.2, 0) is 14.6 Å². The Balaban J connectivity index is 3.58. The summed E-state index contributed by atoms with van der Waals surface area (Å²) >= 11 is 1.46. The summed E-state index contributed by atoms with van der Waals surface area (Å²) in [5.74, 6) is 0.443. The van der Waals surface area contributed by atoms with Gasteiger partial charge in [-0.2, -0.15) is 11.8 Å². The standard InChI is InChI=1S/C8H17NO4S2/c1-9-7(8(10)11)3-4-14-5-6-15(2,12)13/h7,9H,3-6H2,1-2H3,(H,10,11). The van der Waals surface area contributed by atoms with Gasteiger partial charge in [0.15, 0.2) is 0 Å². The van der Waals surface area contributed by atoms with Crippen molar-refractivity contribution in [3.8, 4) is 0 Å². The van der Waals surface area contributed by atoms with E-state index in [9.17, 15) is 13.2 Å². The number of hydrogen-bond donors (Lipinski definition) is 2. The largest absolute Gasteiger partial charge is 0.480 e. The summed E-state index contributed by atoms with van der Waals surface area (Å²) in [6, 6.07) is -0.546. The Morgan fingerprint density at radius 2 is 2.07 bits per heavy atom. The van der Waals surface area contributed by atoms with Crippen LogP contribution in [0.4, 0.5) is 0 Å². The minimum absolute atomic E-state index is 0.148. The third-order valence-corrected chi connectivity index (χ3v) is 4.02. The highest BCUT2D eigenvalue weighted by Gasteiger charge is 2.13. The molecule has 0 fully saturated rings. The first kappa shape index (κ1) is 14.7. The zero-order valence-electron chi connectivity index (χ0n) is 8.89. The third-order valence-electron chi connectivity index (χ3n) is 1.80. The average Bonchev–Trinajstić information content (AvgIpc) is 2.08. The van der Waals surface area contributed by atoms with Crippen molar-refractivity contribution in [2.24, 2.45) is 0 Å². The zero-order valence-corrected chi connectivity index (χ0v) is 10.5. The quantitative estimate of drug-likeness (QED) is 0.586. The molecule has 15 heavy (non-hydrogen) atoms. The fourth-order valence-corrected chi connectivity index (χ4v) is 3.19. The monoisotopic (exact) mass is 255 g/mol. The molecule has 0 saturated heterocycles. The molecule has 1 atom stereocenters. The predicted octanol–water partition coefficient (Wildman–Crippen LogP) is -0.173. The van der Waals surface area contributed by atoms with Gasteiger partial charge in [-0.3, -0.25) is 4.79 Å². The van der Waals surface area contributed by atoms with Gasteiger partial charge in [0, 0.05) is 12.0 Å². The van der Waals surface area contributed by atoms with Crippen LogP contribution in [0.1, 0.15) is 6.42 Å². The maximum atomic E-state index is 10.8. The molecule has 0 aromatic rings. The Kier molecular flexibility index (Phi) is 6.95. The Bertz CT molecular complexity index is 289. The number of aliphatic carboxylic acids is 1. The highest BCUT2D eigenvalue weighted by molar-refractivity contribution is 8.00. The fraction of sp³-hybridized carbons (Fsp3) is 0.875. The molecule has 2 N–H and O–H groups in total. The molecule has 1 unspecified atom stereocenters. The van der Waals surface area contributed by atoms with Crippen molar-refractivity contribution >= 4 is 27.6 Å². The molecule has 0 bridgehead atoms. The molecule has 90 valence electrons. The van der Waals surface area contributed by atoms with Crippen molar-refractivity contribution in [1.82, 2.24) is 5.32 Å². The topological polar surface area (TPSA) is 83.5 Å². The van der Waals surface area contributed by atoms with E-state index in [2.05, 4.69) is 5.32 Å². The molecule has 5 nitrogen and oxygen atoms in total. The number of carbonyl (C=O) groups is 1. The smallest absolute Gasteiger partial charge is 0.320 e. The lowest BCUT2D eigenvalue weighted by atomic mass is 10.2. The number of carboxylic acid groups (broad SMARTS) is 1. The lowest BCUT2D eigenvalue weighted by Crippen LogP contribution is -2.34. The molecule has 0 heterocycles. The molecular weight excluding hydrogens is 238 g/mol. The Morgan fingerprint density at radius 1 is 1.47 bits per heavy atom. The maximum Gasteiger partial charge on any atom is 0.320 e. The number of thioether (sulfide) groups is 1. The van der Waals surface area contributed by atoms with Crippen LogP contribution in [0.15, 0.2) is 0 Å². The van der Waals surface area contributed by atoms with Gasteiger partial charge in [-0.05, 0) is 19.2 Å². The van der Waals surface area contributed by atoms with E-state index in [1.807, 2.05) is 0 Å². The highest BCUT2D eigenvalue weighted by Crippen LogP contribution is 2.06. The van der Waals surface area contributed by atoms with Gasteiger partial charge in [0.1, 0.15) is 15.9 Å². The van der Waals surface area contributed by atoms with E-state index in [0.717, 1.165) is 0 Å². The first-order chi connectivity index (χ1) is 6.87.